The number of carbonyl (C=O) groups excluding carboxylic acids is 1. The first-order chi connectivity index (χ1) is 4.22. The van der Waals surface area contributed by atoms with Gasteiger partial charge in [-0.2, -0.15) is 0 Å². The Hall–Kier alpha value is -0.431. The third-order valence-corrected chi connectivity index (χ3v) is 1.01. The molecular formula is C5H7NO2Se. The number of hydrogen-bond donors (Lipinski definition) is 0. The molecule has 9 heavy (non-hydrogen) atoms. The second kappa shape index (κ2) is 4.45. The first-order valence-electron chi connectivity index (χ1n) is 2.37. The van der Waals surface area contributed by atoms with E-state index in [2.05, 4.69) is 30.0 Å². The van der Waals surface area contributed by atoms with Crippen molar-refractivity contribution in [3.05, 3.63) is 0 Å². The monoisotopic (exact) mass is 193 g/mol. The van der Waals surface area contributed by atoms with E-state index in [9.17, 15) is 4.79 Å². The van der Waals surface area contributed by atoms with Crippen LogP contribution >= 0.6 is 0 Å². The Balaban J connectivity index is 3.87. The molecule has 0 aliphatic carbocycles. The van der Waals surface area contributed by atoms with E-state index >= 15 is 0 Å². The van der Waals surface area contributed by atoms with E-state index in [1.807, 2.05) is 0 Å². The molecule has 0 saturated carbocycles. The summed E-state index contributed by atoms with van der Waals surface area (Å²) in [5, 5.41) is 0. The van der Waals surface area contributed by atoms with E-state index in [-0.39, 0.29) is 5.97 Å². The molecule has 0 aromatic rings. The van der Waals surface area contributed by atoms with Crippen LogP contribution in [-0.4, -0.2) is 39.4 Å². The van der Waals surface area contributed by atoms with Crippen molar-refractivity contribution in [1.82, 2.24) is 0 Å². The average molecular weight is 192 g/mol. The molecule has 0 unspecified atom stereocenters. The zero-order valence-corrected chi connectivity index (χ0v) is 6.96. The Labute approximate surface area is 61.5 Å². The van der Waals surface area contributed by atoms with Crippen LogP contribution in [-0.2, 0) is 9.53 Å². The third kappa shape index (κ3) is 3.20. The summed E-state index contributed by atoms with van der Waals surface area (Å²) in [6, 6.07) is -0.448. The molecule has 1 atom stereocenters. The van der Waals surface area contributed by atoms with Crippen molar-refractivity contribution in [3.8, 4) is 0 Å². The molecule has 0 fully saturated rings. The molecule has 0 spiro atoms. The Morgan fingerprint density at radius 2 is 2.44 bits per heavy atom. The van der Waals surface area contributed by atoms with Gasteiger partial charge in [-0.05, 0) is 0 Å². The van der Waals surface area contributed by atoms with Crippen LogP contribution in [0.2, 0.25) is 0 Å². The molecule has 0 N–H and O–H groups in total. The van der Waals surface area contributed by atoms with Crippen molar-refractivity contribution in [2.45, 2.75) is 13.0 Å². The van der Waals surface area contributed by atoms with Crippen LogP contribution in [0, 0.1) is 0 Å². The van der Waals surface area contributed by atoms with Crippen molar-refractivity contribution in [2.75, 3.05) is 7.11 Å². The van der Waals surface area contributed by atoms with Crippen LogP contribution < -0.4 is 0 Å². The molecule has 3 nitrogen and oxygen atoms in total. The molecule has 0 rings (SSSR count). The molecule has 0 radical (unpaired) electrons. The van der Waals surface area contributed by atoms with Crippen LogP contribution in [0.25, 0.3) is 0 Å². The predicted octanol–water partition coefficient (Wildman–Crippen LogP) is -0.378. The fourth-order valence-corrected chi connectivity index (χ4v) is 0.634. The molecule has 0 bridgehead atoms. The maximum absolute atomic E-state index is 10.5. The number of ether oxygens (including phenoxy) is 1. The van der Waals surface area contributed by atoms with E-state index in [1.54, 1.807) is 6.92 Å². The van der Waals surface area contributed by atoms with Gasteiger partial charge in [0.05, 0.1) is 0 Å². The quantitative estimate of drug-likeness (QED) is 0.340. The zero-order valence-electron chi connectivity index (χ0n) is 5.25. The summed E-state index contributed by atoms with van der Waals surface area (Å²) in [6.45, 7) is 1.64. The Kier molecular flexibility index (Phi) is 4.24. The number of hydrogen-bond acceptors (Lipinski definition) is 3. The summed E-state index contributed by atoms with van der Waals surface area (Å²) in [5.41, 5.74) is 0. The standard InChI is InChI=1S/C5H7NO2Se/c1-4(6-3-9)5(7)8-2/h4H,1-2H3/t4-/m0/s1. The van der Waals surface area contributed by atoms with Gasteiger partial charge in [-0.25, -0.2) is 0 Å². The van der Waals surface area contributed by atoms with E-state index in [1.165, 1.54) is 7.11 Å². The van der Waals surface area contributed by atoms with Crippen LogP contribution in [0.4, 0.5) is 0 Å². The molecule has 0 aromatic heterocycles. The number of esters is 1. The maximum atomic E-state index is 10.5. The number of nitrogens with zero attached hydrogens (tertiary/aromatic N) is 1. The van der Waals surface area contributed by atoms with E-state index in [4.69, 9.17) is 0 Å². The van der Waals surface area contributed by atoms with Gasteiger partial charge in [0.25, 0.3) is 0 Å². The van der Waals surface area contributed by atoms with Crippen LogP contribution in [0.5, 0.6) is 0 Å². The third-order valence-electron chi connectivity index (χ3n) is 0.789. The molecule has 0 amide bonds. The molecule has 0 saturated heterocycles. The number of rotatable bonds is 2. The van der Waals surface area contributed by atoms with Gasteiger partial charge < -0.3 is 0 Å². The Bertz CT molecular complexity index is 151. The summed E-state index contributed by atoms with van der Waals surface area (Å²) >= 11 is 2.43. The van der Waals surface area contributed by atoms with Gasteiger partial charge in [-0.3, -0.25) is 0 Å². The van der Waals surface area contributed by atoms with Crippen LogP contribution in [0.3, 0.4) is 0 Å². The van der Waals surface area contributed by atoms with Crippen molar-refractivity contribution in [2.24, 2.45) is 4.99 Å². The van der Waals surface area contributed by atoms with Crippen LogP contribution in [0.15, 0.2) is 4.99 Å². The summed E-state index contributed by atoms with van der Waals surface area (Å²) in [7, 11) is 1.33. The molecule has 0 heterocycles. The second-order valence-electron chi connectivity index (χ2n) is 1.42. The van der Waals surface area contributed by atoms with Crippen molar-refractivity contribution >= 4 is 26.3 Å². The SMILES string of the molecule is COC(=O)[C@H](C)N=C=[Se]. The fraction of sp³-hybridized carbons (Fsp3) is 0.600. The fourth-order valence-electron chi connectivity index (χ4n) is 0.302. The predicted molar refractivity (Wildman–Crippen MR) is 34.7 cm³/mol. The molecular weight excluding hydrogens is 185 g/mol. The van der Waals surface area contributed by atoms with Gasteiger partial charge in [0.15, 0.2) is 0 Å². The van der Waals surface area contributed by atoms with E-state index in [0.29, 0.717) is 0 Å². The summed E-state index contributed by atoms with van der Waals surface area (Å²) in [5.74, 6) is -0.349. The van der Waals surface area contributed by atoms with E-state index < -0.39 is 6.04 Å². The van der Waals surface area contributed by atoms with Crippen LogP contribution in [0.1, 0.15) is 6.92 Å². The van der Waals surface area contributed by atoms with Gasteiger partial charge in [0.1, 0.15) is 0 Å². The molecule has 50 valence electrons. The number of methoxy groups -OCH3 is 1. The minimum atomic E-state index is -0.448. The normalized spacial score (nSPS) is 11.3. The summed E-state index contributed by atoms with van der Waals surface area (Å²) < 4.78 is 6.76. The average Bonchev–Trinajstić information content (AvgIpc) is 1.87. The Morgan fingerprint density at radius 3 is 2.78 bits per heavy atom. The van der Waals surface area contributed by atoms with Crippen molar-refractivity contribution in [1.29, 1.82) is 0 Å². The van der Waals surface area contributed by atoms with Crippen molar-refractivity contribution in [3.63, 3.8) is 0 Å². The van der Waals surface area contributed by atoms with Gasteiger partial charge >= 0.3 is 60.9 Å². The zero-order chi connectivity index (χ0) is 7.28. The van der Waals surface area contributed by atoms with Gasteiger partial charge in [-0.1, -0.05) is 0 Å². The first-order valence-corrected chi connectivity index (χ1v) is 3.22. The molecule has 0 aliphatic heterocycles. The molecule has 0 aromatic carbocycles. The molecule has 0 aliphatic rings. The van der Waals surface area contributed by atoms with E-state index in [0.717, 1.165) is 0 Å². The van der Waals surface area contributed by atoms with Gasteiger partial charge in [-0.15, -0.1) is 0 Å². The second-order valence-corrected chi connectivity index (χ2v) is 1.80. The molecule has 4 heteroatoms. The van der Waals surface area contributed by atoms with Gasteiger partial charge in [0, 0.05) is 0 Å². The minimum absolute atomic E-state index is 0.349. The van der Waals surface area contributed by atoms with Crippen molar-refractivity contribution < 1.29 is 9.53 Å². The summed E-state index contributed by atoms with van der Waals surface area (Å²) in [6.07, 6.45) is 0. The number of carbonyl (C=O) groups is 1. The van der Waals surface area contributed by atoms with Gasteiger partial charge in [0.2, 0.25) is 0 Å². The summed E-state index contributed by atoms with van der Waals surface area (Å²) in [4.78, 5) is 14.1. The first kappa shape index (κ1) is 8.57. The topological polar surface area (TPSA) is 38.7 Å². The number of aliphatic imine (C=N–C) groups is 1. The Morgan fingerprint density at radius 1 is 1.89 bits per heavy atom.